The van der Waals surface area contributed by atoms with Gasteiger partial charge in [-0.3, -0.25) is 13.8 Å². The minimum atomic E-state index is -4.53. The van der Waals surface area contributed by atoms with Crippen molar-refractivity contribution in [2.24, 2.45) is 0 Å². The molecule has 0 aromatic heterocycles. The first-order chi connectivity index (χ1) is 28.4. The number of hydrogen-bond acceptors (Lipinski definition) is 7. The van der Waals surface area contributed by atoms with E-state index in [1.807, 2.05) is 0 Å². The molecule has 2 amide bonds. The van der Waals surface area contributed by atoms with Crippen LogP contribution in [0.1, 0.15) is 243 Å². The first-order valence-corrected chi connectivity index (χ1v) is 28.6. The Balaban J connectivity index is 5.76. The van der Waals surface area contributed by atoms with Crippen LogP contribution < -0.4 is 10.6 Å². The lowest BCUT2D eigenvalue weighted by Gasteiger charge is -2.46. The number of ether oxygens (including phenoxy) is 1. The Kier molecular flexibility index (Phi) is 34.8. The summed E-state index contributed by atoms with van der Waals surface area (Å²) in [5, 5.41) is 5.78. The summed E-state index contributed by atoms with van der Waals surface area (Å²) in [6.07, 6.45) is 29.8. The van der Waals surface area contributed by atoms with Crippen molar-refractivity contribution in [1.82, 2.24) is 10.6 Å². The maximum Gasteiger partial charge on any atom is 0.472 e. The van der Waals surface area contributed by atoms with E-state index in [2.05, 4.69) is 66.0 Å². The minimum Gasteiger partial charge on any atom is -0.444 e. The third-order valence-corrected chi connectivity index (χ3v) is 19.0. The van der Waals surface area contributed by atoms with Gasteiger partial charge in [-0.1, -0.05) is 203 Å². The van der Waals surface area contributed by atoms with Crippen LogP contribution in [0.4, 0.5) is 4.79 Å². The third-order valence-electron chi connectivity index (χ3n) is 11.9. The van der Waals surface area contributed by atoms with E-state index in [-0.39, 0.29) is 31.8 Å². The molecular weight excluding hydrogens is 792 g/mol. The summed E-state index contributed by atoms with van der Waals surface area (Å²) >= 11 is 0. The van der Waals surface area contributed by atoms with Crippen LogP contribution in [0, 0.1) is 0 Å². The van der Waals surface area contributed by atoms with Crippen LogP contribution in [0.25, 0.3) is 0 Å². The summed E-state index contributed by atoms with van der Waals surface area (Å²) in [7, 11) is -6.95. The molecule has 0 radical (unpaired) electrons. The van der Waals surface area contributed by atoms with Crippen molar-refractivity contribution < 1.29 is 37.3 Å². The molecule has 0 aliphatic carbocycles. The Morgan fingerprint density at radius 3 is 1.42 bits per heavy atom. The van der Waals surface area contributed by atoms with Crippen LogP contribution in [0.5, 0.6) is 0 Å². The summed E-state index contributed by atoms with van der Waals surface area (Å²) in [5.74, 6) is -0.0837. The van der Waals surface area contributed by atoms with Crippen molar-refractivity contribution in [2.75, 3.05) is 19.8 Å². The second-order valence-corrected chi connectivity index (χ2v) is 26.4. The van der Waals surface area contributed by atoms with Gasteiger partial charge in [0.15, 0.2) is 0 Å². The molecule has 0 aromatic rings. The van der Waals surface area contributed by atoms with Gasteiger partial charge in [0.05, 0.1) is 25.4 Å². The Morgan fingerprint density at radius 2 is 1.02 bits per heavy atom. The number of hydrogen-bond donors (Lipinski definition) is 3. The lowest BCUT2D eigenvalue weighted by Crippen LogP contribution is -2.56. The van der Waals surface area contributed by atoms with Crippen LogP contribution >= 0.6 is 7.82 Å². The Hall–Kier alpha value is -0.973. The molecule has 3 N–H and O–H groups in total. The first kappa shape index (κ1) is 59.0. The number of nitrogens with one attached hydrogen (secondary N) is 2. The fraction of sp³-hybridized carbons (Fsp3) is 0.958. The van der Waals surface area contributed by atoms with E-state index in [0.717, 1.165) is 44.9 Å². The van der Waals surface area contributed by atoms with Crippen LogP contribution in [-0.4, -0.2) is 62.7 Å². The van der Waals surface area contributed by atoms with E-state index in [1.165, 1.54) is 116 Å². The van der Waals surface area contributed by atoms with Gasteiger partial charge in [0.2, 0.25) is 14.2 Å². The number of carbonyl (C=O) groups is 2. The zero-order valence-electron chi connectivity index (χ0n) is 41.1. The largest absolute Gasteiger partial charge is 0.472 e. The van der Waals surface area contributed by atoms with E-state index in [0.29, 0.717) is 23.0 Å². The van der Waals surface area contributed by atoms with Crippen LogP contribution in [0.3, 0.4) is 0 Å². The second-order valence-electron chi connectivity index (χ2n) is 19.5. The van der Waals surface area contributed by atoms with Gasteiger partial charge in [0.1, 0.15) is 5.60 Å². The summed E-state index contributed by atoms with van der Waals surface area (Å²) in [5.41, 5.74) is 0.305. The molecule has 60 heavy (non-hydrogen) atoms. The lowest BCUT2D eigenvalue weighted by atomic mass is 10.0. The molecule has 0 spiro atoms. The highest BCUT2D eigenvalue weighted by Gasteiger charge is 2.48. The fourth-order valence-corrected chi connectivity index (χ4v) is 15.1. The SMILES string of the molecule is CCCCCCCCCCCCCCC[C@@H](O[Si](C(C)C)(C(C)C)C(C)C)[C@H](COP(=O)(O)OCCNC(=O)OC(C)(C)C)NC(=O)CCCCCCCCCCCCC. The van der Waals surface area contributed by atoms with Gasteiger partial charge in [-0.2, -0.15) is 0 Å². The molecule has 0 aliphatic heterocycles. The lowest BCUT2D eigenvalue weighted by molar-refractivity contribution is -0.123. The van der Waals surface area contributed by atoms with Crippen LogP contribution in [-0.2, 0) is 27.6 Å². The molecule has 0 aliphatic rings. The summed E-state index contributed by atoms with van der Waals surface area (Å²) in [4.78, 5) is 36.5. The highest BCUT2D eigenvalue weighted by Crippen LogP contribution is 2.45. The van der Waals surface area contributed by atoms with Gasteiger partial charge >= 0.3 is 13.9 Å². The molecule has 358 valence electrons. The molecule has 0 aromatic carbocycles. The predicted molar refractivity (Wildman–Crippen MR) is 255 cm³/mol. The van der Waals surface area contributed by atoms with Crippen LogP contribution in [0.2, 0.25) is 16.6 Å². The van der Waals surface area contributed by atoms with Gasteiger partial charge in [-0.15, -0.1) is 0 Å². The van der Waals surface area contributed by atoms with E-state index in [1.54, 1.807) is 20.8 Å². The molecule has 0 saturated heterocycles. The molecule has 0 rings (SSSR count). The van der Waals surface area contributed by atoms with Crippen molar-refractivity contribution in [3.05, 3.63) is 0 Å². The van der Waals surface area contributed by atoms with E-state index in [9.17, 15) is 19.0 Å². The fourth-order valence-electron chi connectivity index (χ4n) is 8.69. The smallest absolute Gasteiger partial charge is 0.444 e. The Morgan fingerprint density at radius 1 is 0.617 bits per heavy atom. The highest BCUT2D eigenvalue weighted by atomic mass is 31.2. The molecule has 0 saturated carbocycles. The molecular formula is C48H99N2O8PSi. The molecule has 12 heteroatoms. The van der Waals surface area contributed by atoms with Crippen molar-refractivity contribution >= 4 is 28.1 Å². The number of phosphoric acid groups is 1. The Bertz CT molecular complexity index is 1080. The standard InChI is InChI=1S/C48H99N2O8PSi/c1-12-14-16-18-20-22-24-25-27-28-30-32-34-36-45(58-60(41(3)4,42(5)6)43(7)8)44(40-56-59(53,54)55-39-38-49-47(52)57-48(9,10)11)50-46(51)37-35-33-31-29-26-23-21-19-17-15-13-2/h41-45H,12-40H2,1-11H3,(H,49,52)(H,50,51)(H,53,54)/t44-,45+/m0/s1. The van der Waals surface area contributed by atoms with Crippen molar-refractivity contribution in [1.29, 1.82) is 0 Å². The average Bonchev–Trinajstić information content (AvgIpc) is 3.16. The summed E-state index contributed by atoms with van der Waals surface area (Å²) < 4.78 is 36.8. The maximum absolute atomic E-state index is 13.6. The van der Waals surface area contributed by atoms with Gasteiger partial charge < -0.3 is 24.7 Å². The van der Waals surface area contributed by atoms with E-state index < -0.39 is 33.9 Å². The molecule has 0 bridgehead atoms. The Labute approximate surface area is 372 Å². The van der Waals surface area contributed by atoms with Gasteiger partial charge in [-0.05, 0) is 50.2 Å². The molecule has 1 unspecified atom stereocenters. The zero-order valence-corrected chi connectivity index (χ0v) is 43.0. The number of alkyl carbamates (subject to hydrolysis) is 1. The zero-order chi connectivity index (χ0) is 45.3. The minimum absolute atomic E-state index is 0.0297. The maximum atomic E-state index is 13.6. The predicted octanol–water partition coefficient (Wildman–Crippen LogP) is 14.9. The third kappa shape index (κ3) is 30.2. The van der Waals surface area contributed by atoms with Crippen molar-refractivity contribution in [3.8, 4) is 0 Å². The van der Waals surface area contributed by atoms with Crippen LogP contribution in [0.15, 0.2) is 0 Å². The number of unbranched alkanes of at least 4 members (excludes halogenated alkanes) is 22. The molecule has 0 fully saturated rings. The molecule has 3 atom stereocenters. The number of phosphoric ester groups is 1. The van der Waals surface area contributed by atoms with E-state index >= 15 is 0 Å². The number of carbonyl (C=O) groups excluding carboxylic acids is 2. The van der Waals surface area contributed by atoms with Crippen molar-refractivity contribution in [3.63, 3.8) is 0 Å². The first-order valence-electron chi connectivity index (χ1n) is 25.0. The molecule has 10 nitrogen and oxygen atoms in total. The summed E-state index contributed by atoms with van der Waals surface area (Å²) in [6.45, 7) is 22.8. The monoisotopic (exact) mass is 891 g/mol. The number of rotatable bonds is 40. The molecule has 0 heterocycles. The second kappa shape index (κ2) is 35.4. The van der Waals surface area contributed by atoms with Gasteiger partial charge in [0.25, 0.3) is 0 Å². The van der Waals surface area contributed by atoms with Gasteiger partial charge in [-0.25, -0.2) is 9.36 Å². The normalized spacial score (nSPS) is 14.4. The number of amides is 2. The summed E-state index contributed by atoms with van der Waals surface area (Å²) in [6, 6.07) is -0.630. The topological polar surface area (TPSA) is 132 Å². The van der Waals surface area contributed by atoms with Crippen molar-refractivity contribution in [2.45, 2.75) is 277 Å². The highest BCUT2D eigenvalue weighted by molar-refractivity contribution is 7.47. The van der Waals surface area contributed by atoms with Gasteiger partial charge in [0, 0.05) is 13.0 Å². The van der Waals surface area contributed by atoms with E-state index in [4.69, 9.17) is 18.2 Å². The average molecular weight is 891 g/mol. The quantitative estimate of drug-likeness (QED) is 0.0315.